The summed E-state index contributed by atoms with van der Waals surface area (Å²) in [4.78, 5) is 7.15. The molecule has 4 nitrogen and oxygen atoms in total. The van der Waals surface area contributed by atoms with Gasteiger partial charge in [0.2, 0.25) is 0 Å². The molecule has 4 aromatic rings. The number of aromatic nitrogens is 2. The lowest BCUT2D eigenvalue weighted by molar-refractivity contribution is 0.276. The highest BCUT2D eigenvalue weighted by Gasteiger charge is 2.13. The SMILES string of the molecule is OCc1c(F)cccc1-c1ccc2nc(-c3ccc(N4CCCC4)cc3)cn2c1. The molecule has 0 saturated carbocycles. The Morgan fingerprint density at radius 2 is 1.66 bits per heavy atom. The molecule has 0 unspecified atom stereocenters. The standard InChI is InChI=1S/C24H22FN3O/c25-22-5-3-4-20(21(22)16-29)18-8-11-24-26-23(15-28(24)14-18)17-6-9-19(10-7-17)27-12-1-2-13-27/h3-11,14-15,29H,1-2,12-13,16H2. The quantitative estimate of drug-likeness (QED) is 0.541. The Kier molecular flexibility index (Phi) is 4.52. The van der Waals surface area contributed by atoms with Gasteiger partial charge in [0.1, 0.15) is 11.5 Å². The fraction of sp³-hybridized carbons (Fsp3) is 0.208. The first-order valence-corrected chi connectivity index (χ1v) is 9.96. The fourth-order valence-corrected chi connectivity index (χ4v) is 4.10. The number of nitrogens with zero attached hydrogens (tertiary/aromatic N) is 3. The second kappa shape index (κ2) is 7.33. The first-order chi connectivity index (χ1) is 14.2. The molecule has 1 aliphatic heterocycles. The van der Waals surface area contributed by atoms with Crippen molar-refractivity contribution in [3.63, 3.8) is 0 Å². The van der Waals surface area contributed by atoms with Gasteiger partial charge in [0.15, 0.2) is 0 Å². The third kappa shape index (κ3) is 3.28. The first-order valence-electron chi connectivity index (χ1n) is 9.96. The number of pyridine rings is 1. The van der Waals surface area contributed by atoms with Crippen molar-refractivity contribution in [2.24, 2.45) is 0 Å². The predicted molar refractivity (Wildman–Crippen MR) is 113 cm³/mol. The number of aliphatic hydroxyl groups excluding tert-OH is 1. The third-order valence-corrected chi connectivity index (χ3v) is 5.67. The summed E-state index contributed by atoms with van der Waals surface area (Å²) in [6.07, 6.45) is 6.44. The molecule has 1 aliphatic rings. The number of rotatable bonds is 4. The number of imidazole rings is 1. The summed E-state index contributed by atoms with van der Waals surface area (Å²) in [5.41, 5.74) is 5.91. The van der Waals surface area contributed by atoms with Crippen molar-refractivity contribution in [1.29, 1.82) is 0 Å². The fourth-order valence-electron chi connectivity index (χ4n) is 4.10. The Labute approximate surface area is 168 Å². The Bertz CT molecular complexity index is 1160. The number of hydrogen-bond acceptors (Lipinski definition) is 3. The van der Waals surface area contributed by atoms with Gasteiger partial charge in [-0.25, -0.2) is 9.37 Å². The number of aliphatic hydroxyl groups is 1. The lowest BCUT2D eigenvalue weighted by Crippen LogP contribution is -2.17. The molecule has 0 radical (unpaired) electrons. The summed E-state index contributed by atoms with van der Waals surface area (Å²) in [7, 11) is 0. The highest BCUT2D eigenvalue weighted by Crippen LogP contribution is 2.28. The van der Waals surface area contributed by atoms with Gasteiger partial charge in [-0.05, 0) is 54.3 Å². The lowest BCUT2D eigenvalue weighted by atomic mass is 10.0. The molecule has 146 valence electrons. The maximum atomic E-state index is 14.0. The molecular formula is C24H22FN3O. The molecule has 5 rings (SSSR count). The summed E-state index contributed by atoms with van der Waals surface area (Å²) in [5.74, 6) is -0.394. The molecule has 29 heavy (non-hydrogen) atoms. The van der Waals surface area contributed by atoms with Crippen molar-refractivity contribution in [3.05, 3.63) is 78.4 Å². The average Bonchev–Trinajstić information content (AvgIpc) is 3.43. The monoisotopic (exact) mass is 387 g/mol. The van der Waals surface area contributed by atoms with E-state index in [1.54, 1.807) is 6.07 Å². The van der Waals surface area contributed by atoms with E-state index in [-0.39, 0.29) is 6.61 Å². The van der Waals surface area contributed by atoms with Crippen LogP contribution in [0.15, 0.2) is 67.0 Å². The van der Waals surface area contributed by atoms with Crippen LogP contribution >= 0.6 is 0 Å². The maximum absolute atomic E-state index is 14.0. The number of benzene rings is 2. The lowest BCUT2D eigenvalue weighted by Gasteiger charge is -2.17. The molecule has 1 saturated heterocycles. The summed E-state index contributed by atoms with van der Waals surface area (Å²) < 4.78 is 16.0. The highest BCUT2D eigenvalue weighted by atomic mass is 19.1. The van der Waals surface area contributed by atoms with Crippen molar-refractivity contribution < 1.29 is 9.50 Å². The van der Waals surface area contributed by atoms with E-state index < -0.39 is 5.82 Å². The minimum Gasteiger partial charge on any atom is -0.392 e. The second-order valence-corrected chi connectivity index (χ2v) is 7.47. The third-order valence-electron chi connectivity index (χ3n) is 5.67. The molecule has 1 fully saturated rings. The van der Waals surface area contributed by atoms with Gasteiger partial charge in [-0.1, -0.05) is 24.3 Å². The van der Waals surface area contributed by atoms with E-state index in [1.165, 1.54) is 24.6 Å². The van der Waals surface area contributed by atoms with E-state index in [1.807, 2.05) is 35.0 Å². The van der Waals surface area contributed by atoms with E-state index in [0.29, 0.717) is 11.1 Å². The van der Waals surface area contributed by atoms with Crippen molar-refractivity contribution in [2.45, 2.75) is 19.4 Å². The minimum atomic E-state index is -0.394. The van der Waals surface area contributed by atoms with Crippen LogP contribution in [0.2, 0.25) is 0 Å². The van der Waals surface area contributed by atoms with Crippen LogP contribution in [-0.2, 0) is 6.61 Å². The van der Waals surface area contributed by atoms with Gasteiger partial charge in [0.25, 0.3) is 0 Å². The number of hydrogen-bond donors (Lipinski definition) is 1. The molecule has 5 heteroatoms. The summed E-state index contributed by atoms with van der Waals surface area (Å²) in [6.45, 7) is 1.93. The van der Waals surface area contributed by atoms with Crippen LogP contribution in [0.5, 0.6) is 0 Å². The molecule has 0 bridgehead atoms. The molecule has 1 N–H and O–H groups in total. The topological polar surface area (TPSA) is 40.8 Å². The Hall–Kier alpha value is -3.18. The molecular weight excluding hydrogens is 365 g/mol. The summed E-state index contributed by atoms with van der Waals surface area (Å²) >= 11 is 0. The highest BCUT2D eigenvalue weighted by molar-refractivity contribution is 5.70. The van der Waals surface area contributed by atoms with Crippen LogP contribution in [0, 0.1) is 5.82 Å². The Balaban J connectivity index is 1.49. The molecule has 0 aliphatic carbocycles. The molecule has 0 amide bonds. The van der Waals surface area contributed by atoms with Crippen LogP contribution in [0.3, 0.4) is 0 Å². The van der Waals surface area contributed by atoms with Gasteiger partial charge in [0, 0.05) is 42.3 Å². The van der Waals surface area contributed by atoms with Crippen molar-refractivity contribution in [1.82, 2.24) is 9.38 Å². The van der Waals surface area contributed by atoms with E-state index in [4.69, 9.17) is 4.98 Å². The Morgan fingerprint density at radius 3 is 2.41 bits per heavy atom. The number of fused-ring (bicyclic) bond motifs is 1. The van der Waals surface area contributed by atoms with Crippen LogP contribution < -0.4 is 4.90 Å². The van der Waals surface area contributed by atoms with Gasteiger partial charge in [0.05, 0.1) is 12.3 Å². The van der Waals surface area contributed by atoms with Crippen molar-refractivity contribution in [3.8, 4) is 22.4 Å². The zero-order chi connectivity index (χ0) is 19.8. The molecule has 2 aromatic carbocycles. The molecule has 0 atom stereocenters. The van der Waals surface area contributed by atoms with Gasteiger partial charge in [-0.15, -0.1) is 0 Å². The molecule has 2 aromatic heterocycles. The zero-order valence-electron chi connectivity index (χ0n) is 16.1. The summed E-state index contributed by atoms with van der Waals surface area (Å²) in [5, 5.41) is 9.57. The number of anilines is 1. The first kappa shape index (κ1) is 17.9. The van der Waals surface area contributed by atoms with E-state index in [2.05, 4.69) is 29.2 Å². The average molecular weight is 387 g/mol. The molecule has 3 heterocycles. The van der Waals surface area contributed by atoms with E-state index >= 15 is 0 Å². The number of halogens is 1. The predicted octanol–water partition coefficient (Wildman–Crippen LogP) is 4.90. The largest absolute Gasteiger partial charge is 0.392 e. The minimum absolute atomic E-state index is 0.310. The normalized spacial score (nSPS) is 14.1. The van der Waals surface area contributed by atoms with Crippen LogP contribution in [0.1, 0.15) is 18.4 Å². The van der Waals surface area contributed by atoms with Crippen LogP contribution in [-0.4, -0.2) is 27.6 Å². The van der Waals surface area contributed by atoms with Gasteiger partial charge >= 0.3 is 0 Å². The van der Waals surface area contributed by atoms with E-state index in [0.717, 1.165) is 35.6 Å². The zero-order valence-corrected chi connectivity index (χ0v) is 16.1. The van der Waals surface area contributed by atoms with E-state index in [9.17, 15) is 9.50 Å². The van der Waals surface area contributed by atoms with Gasteiger partial charge in [-0.3, -0.25) is 0 Å². The maximum Gasteiger partial charge on any atom is 0.137 e. The van der Waals surface area contributed by atoms with Crippen molar-refractivity contribution in [2.75, 3.05) is 18.0 Å². The van der Waals surface area contributed by atoms with Crippen molar-refractivity contribution >= 4 is 11.3 Å². The van der Waals surface area contributed by atoms with Crippen LogP contribution in [0.4, 0.5) is 10.1 Å². The van der Waals surface area contributed by atoms with Gasteiger partial charge in [-0.2, -0.15) is 0 Å². The van der Waals surface area contributed by atoms with Gasteiger partial charge < -0.3 is 14.4 Å². The second-order valence-electron chi connectivity index (χ2n) is 7.47. The Morgan fingerprint density at radius 1 is 0.897 bits per heavy atom. The summed E-state index contributed by atoms with van der Waals surface area (Å²) in [6, 6.07) is 17.3. The molecule has 0 spiro atoms. The smallest absolute Gasteiger partial charge is 0.137 e. The van der Waals surface area contributed by atoms with Crippen LogP contribution in [0.25, 0.3) is 28.0 Å².